The molecule has 0 aliphatic carbocycles. The van der Waals surface area contributed by atoms with Crippen LogP contribution in [0, 0.1) is 0 Å². The Morgan fingerprint density at radius 2 is 1.79 bits per heavy atom. The van der Waals surface area contributed by atoms with Gasteiger partial charge in [0.25, 0.3) is 0 Å². The third-order valence-corrected chi connectivity index (χ3v) is 6.81. The lowest BCUT2D eigenvalue weighted by atomic mass is 10.2. The van der Waals surface area contributed by atoms with Gasteiger partial charge in [-0.05, 0) is 49.2 Å². The molecule has 0 radical (unpaired) electrons. The first-order chi connectivity index (χ1) is 13.5. The quantitative estimate of drug-likeness (QED) is 0.766. The zero-order chi connectivity index (χ0) is 20.0. The molecule has 1 aromatic carbocycles. The van der Waals surface area contributed by atoms with E-state index in [9.17, 15) is 13.2 Å². The Hall–Kier alpha value is -2.32. The molecule has 152 valence electrons. The summed E-state index contributed by atoms with van der Waals surface area (Å²) in [7, 11) is -1.74. The van der Waals surface area contributed by atoms with Crippen LogP contribution in [-0.4, -0.2) is 50.2 Å². The normalized spacial score (nSPS) is 15.8. The first kappa shape index (κ1) is 20.4. The van der Waals surface area contributed by atoms with Gasteiger partial charge in [0.1, 0.15) is 5.76 Å². The fourth-order valence-corrected chi connectivity index (χ4v) is 4.73. The molecular formula is C20H27N3O4S. The van der Waals surface area contributed by atoms with E-state index < -0.39 is 10.0 Å². The molecule has 1 aromatic heterocycles. The molecule has 8 heteroatoms. The molecule has 3 rings (SSSR count). The molecule has 2 heterocycles. The Morgan fingerprint density at radius 1 is 1.11 bits per heavy atom. The summed E-state index contributed by atoms with van der Waals surface area (Å²) < 4.78 is 32.4. The lowest BCUT2D eigenvalue weighted by molar-refractivity contribution is -0.128. The highest BCUT2D eigenvalue weighted by atomic mass is 32.2. The number of carbonyl (C=O) groups is 1. The number of rotatable bonds is 7. The van der Waals surface area contributed by atoms with Crippen molar-refractivity contribution in [2.45, 2.75) is 37.1 Å². The molecule has 1 amide bonds. The monoisotopic (exact) mass is 405 g/mol. The minimum absolute atomic E-state index is 0.0855. The number of sulfonamides is 1. The van der Waals surface area contributed by atoms with Gasteiger partial charge in [-0.3, -0.25) is 4.79 Å². The summed E-state index contributed by atoms with van der Waals surface area (Å²) in [4.78, 5) is 14.1. The highest BCUT2D eigenvalue weighted by molar-refractivity contribution is 7.89. The number of benzene rings is 1. The number of furan rings is 1. The first-order valence-electron chi connectivity index (χ1n) is 9.57. The molecule has 0 saturated carbocycles. The molecule has 28 heavy (non-hydrogen) atoms. The Kier molecular flexibility index (Phi) is 6.74. The molecule has 1 aliphatic heterocycles. The van der Waals surface area contributed by atoms with Crippen LogP contribution in [0.4, 0.5) is 5.69 Å². The van der Waals surface area contributed by atoms with Gasteiger partial charge in [0, 0.05) is 25.8 Å². The summed E-state index contributed by atoms with van der Waals surface area (Å²) in [6.07, 6.45) is 5.56. The second kappa shape index (κ2) is 9.25. The van der Waals surface area contributed by atoms with Gasteiger partial charge in [0.15, 0.2) is 0 Å². The van der Waals surface area contributed by atoms with Gasteiger partial charge in [-0.2, -0.15) is 4.31 Å². The van der Waals surface area contributed by atoms with Gasteiger partial charge >= 0.3 is 0 Å². The third-order valence-electron chi connectivity index (χ3n) is 4.90. The van der Waals surface area contributed by atoms with E-state index in [-0.39, 0.29) is 12.5 Å². The van der Waals surface area contributed by atoms with Crippen LogP contribution >= 0.6 is 0 Å². The van der Waals surface area contributed by atoms with E-state index in [0.717, 1.165) is 31.4 Å². The van der Waals surface area contributed by atoms with Crippen molar-refractivity contribution in [3.8, 4) is 0 Å². The zero-order valence-corrected chi connectivity index (χ0v) is 17.0. The minimum Gasteiger partial charge on any atom is -0.467 e. The van der Waals surface area contributed by atoms with Gasteiger partial charge in [-0.25, -0.2) is 8.42 Å². The van der Waals surface area contributed by atoms with Crippen LogP contribution < -0.4 is 5.32 Å². The molecule has 0 atom stereocenters. The van der Waals surface area contributed by atoms with Gasteiger partial charge in [-0.15, -0.1) is 0 Å². The van der Waals surface area contributed by atoms with E-state index in [0.29, 0.717) is 30.2 Å². The fraction of sp³-hybridized carbons (Fsp3) is 0.450. The summed E-state index contributed by atoms with van der Waals surface area (Å²) in [5.41, 5.74) is 0.703. The van der Waals surface area contributed by atoms with Gasteiger partial charge in [0.05, 0.1) is 24.2 Å². The molecule has 0 spiro atoms. The smallest absolute Gasteiger partial charge is 0.243 e. The second-order valence-electron chi connectivity index (χ2n) is 7.03. The van der Waals surface area contributed by atoms with E-state index in [2.05, 4.69) is 5.32 Å². The highest BCUT2D eigenvalue weighted by Gasteiger charge is 2.24. The Morgan fingerprint density at radius 3 is 2.39 bits per heavy atom. The molecule has 7 nitrogen and oxygen atoms in total. The zero-order valence-electron chi connectivity index (χ0n) is 16.1. The molecule has 1 saturated heterocycles. The van der Waals surface area contributed by atoms with Crippen molar-refractivity contribution < 1.29 is 17.6 Å². The van der Waals surface area contributed by atoms with Crippen molar-refractivity contribution in [3.63, 3.8) is 0 Å². The number of amides is 1. The van der Waals surface area contributed by atoms with E-state index >= 15 is 0 Å². The number of anilines is 1. The third kappa shape index (κ3) is 5.14. The lowest BCUT2D eigenvalue weighted by Crippen LogP contribution is -2.32. The highest BCUT2D eigenvalue weighted by Crippen LogP contribution is 2.21. The van der Waals surface area contributed by atoms with Crippen LogP contribution in [0.3, 0.4) is 0 Å². The molecule has 0 bridgehead atoms. The van der Waals surface area contributed by atoms with Crippen molar-refractivity contribution in [3.05, 3.63) is 48.4 Å². The van der Waals surface area contributed by atoms with Crippen LogP contribution in [0.2, 0.25) is 0 Å². The average molecular weight is 406 g/mol. The predicted molar refractivity (Wildman–Crippen MR) is 107 cm³/mol. The second-order valence-corrected chi connectivity index (χ2v) is 8.96. The van der Waals surface area contributed by atoms with Crippen LogP contribution in [0.25, 0.3) is 0 Å². The molecule has 1 fully saturated rings. The fourth-order valence-electron chi connectivity index (χ4n) is 3.21. The Balaban J connectivity index is 1.55. The summed E-state index contributed by atoms with van der Waals surface area (Å²) in [6.45, 7) is 1.69. The standard InChI is InChI=1S/C20H27N3O4S/c1-22(16-18-7-6-14-27-18)20(24)15-21-17-8-10-19(11-9-17)28(25,26)23-12-4-2-3-5-13-23/h6-11,14,21H,2-5,12-13,15-16H2,1H3. The molecule has 1 N–H and O–H groups in total. The van der Waals surface area contributed by atoms with E-state index in [1.54, 1.807) is 52.8 Å². The number of likely N-dealkylation sites (N-methyl/N-ethyl adjacent to an activating group) is 1. The first-order valence-corrected chi connectivity index (χ1v) is 11.0. The van der Waals surface area contributed by atoms with Crippen LogP contribution in [-0.2, 0) is 21.4 Å². The van der Waals surface area contributed by atoms with Crippen molar-refractivity contribution in [2.75, 3.05) is 32.0 Å². The average Bonchev–Trinajstić information content (AvgIpc) is 3.04. The SMILES string of the molecule is CN(Cc1ccco1)C(=O)CNc1ccc(S(=O)(=O)N2CCCCCC2)cc1. The Bertz CT molecular complexity index is 855. The van der Waals surface area contributed by atoms with Gasteiger partial charge in [0.2, 0.25) is 15.9 Å². The summed E-state index contributed by atoms with van der Waals surface area (Å²) in [5, 5.41) is 3.04. The van der Waals surface area contributed by atoms with Crippen molar-refractivity contribution in [1.29, 1.82) is 0 Å². The molecular weight excluding hydrogens is 378 g/mol. The number of nitrogens with zero attached hydrogens (tertiary/aromatic N) is 2. The van der Waals surface area contributed by atoms with E-state index in [1.165, 1.54) is 0 Å². The largest absolute Gasteiger partial charge is 0.467 e. The number of hydrogen-bond donors (Lipinski definition) is 1. The predicted octanol–water partition coefficient (Wildman–Crippen LogP) is 2.91. The molecule has 2 aromatic rings. The summed E-state index contributed by atoms with van der Waals surface area (Å²) in [6, 6.07) is 10.2. The van der Waals surface area contributed by atoms with Gasteiger partial charge in [-0.1, -0.05) is 12.8 Å². The topological polar surface area (TPSA) is 82.9 Å². The maximum Gasteiger partial charge on any atom is 0.243 e. The number of nitrogens with one attached hydrogen (secondary N) is 1. The van der Waals surface area contributed by atoms with Crippen LogP contribution in [0.15, 0.2) is 52.0 Å². The molecule has 0 unspecified atom stereocenters. The maximum absolute atomic E-state index is 12.8. The van der Waals surface area contributed by atoms with Crippen molar-refractivity contribution in [1.82, 2.24) is 9.21 Å². The summed E-state index contributed by atoms with van der Waals surface area (Å²) >= 11 is 0. The van der Waals surface area contributed by atoms with Crippen LogP contribution in [0.5, 0.6) is 0 Å². The number of carbonyl (C=O) groups excluding carboxylic acids is 1. The van der Waals surface area contributed by atoms with Crippen molar-refractivity contribution >= 4 is 21.6 Å². The molecule has 1 aliphatic rings. The van der Waals surface area contributed by atoms with Crippen molar-refractivity contribution in [2.24, 2.45) is 0 Å². The minimum atomic E-state index is -3.46. The van der Waals surface area contributed by atoms with Gasteiger partial charge < -0.3 is 14.6 Å². The number of hydrogen-bond acceptors (Lipinski definition) is 5. The lowest BCUT2D eigenvalue weighted by Gasteiger charge is -2.20. The Labute approximate surface area is 166 Å². The van der Waals surface area contributed by atoms with E-state index in [1.807, 2.05) is 6.07 Å². The van der Waals surface area contributed by atoms with E-state index in [4.69, 9.17) is 4.42 Å². The maximum atomic E-state index is 12.8. The summed E-state index contributed by atoms with van der Waals surface area (Å²) in [5.74, 6) is 0.636. The van der Waals surface area contributed by atoms with Crippen LogP contribution in [0.1, 0.15) is 31.4 Å².